The molecule has 1 aromatic carbocycles. The van der Waals surface area contributed by atoms with E-state index in [1.54, 1.807) is 13.2 Å². The number of ether oxygens (including phenoxy) is 1. The van der Waals surface area contributed by atoms with Crippen LogP contribution >= 0.6 is 0 Å². The fraction of sp³-hybridized carbons (Fsp3) is 0.231. The molecule has 0 fully saturated rings. The van der Waals surface area contributed by atoms with Crippen LogP contribution in [-0.2, 0) is 6.42 Å². The molecule has 0 aliphatic heterocycles. The minimum Gasteiger partial charge on any atom is -0.496 e. The molecule has 2 aromatic rings. The SMILES string of the molecule is CCc1c(C#N)c(=O)[nH]c2cccc(OC)c12. The van der Waals surface area contributed by atoms with Gasteiger partial charge in [-0.25, -0.2) is 0 Å². The highest BCUT2D eigenvalue weighted by Gasteiger charge is 2.13. The van der Waals surface area contributed by atoms with Gasteiger partial charge in [0.05, 0.1) is 12.6 Å². The summed E-state index contributed by atoms with van der Waals surface area (Å²) in [5, 5.41) is 9.86. The van der Waals surface area contributed by atoms with Crippen molar-refractivity contribution in [3.63, 3.8) is 0 Å². The molecule has 0 aliphatic carbocycles. The molecule has 0 radical (unpaired) electrons. The van der Waals surface area contributed by atoms with Crippen LogP contribution in [0.15, 0.2) is 23.0 Å². The van der Waals surface area contributed by atoms with Crippen LogP contribution in [0.4, 0.5) is 0 Å². The van der Waals surface area contributed by atoms with Gasteiger partial charge < -0.3 is 9.72 Å². The van der Waals surface area contributed by atoms with Crippen LogP contribution in [0, 0.1) is 11.3 Å². The molecule has 0 atom stereocenters. The lowest BCUT2D eigenvalue weighted by Crippen LogP contribution is -2.13. The predicted molar refractivity (Wildman–Crippen MR) is 65.2 cm³/mol. The number of methoxy groups -OCH3 is 1. The maximum Gasteiger partial charge on any atom is 0.266 e. The molecule has 0 bridgehead atoms. The van der Waals surface area contributed by atoms with Crippen molar-refractivity contribution < 1.29 is 4.74 Å². The van der Waals surface area contributed by atoms with E-state index in [4.69, 9.17) is 10.00 Å². The summed E-state index contributed by atoms with van der Waals surface area (Å²) < 4.78 is 5.28. The van der Waals surface area contributed by atoms with Crippen LogP contribution in [0.3, 0.4) is 0 Å². The van der Waals surface area contributed by atoms with E-state index in [-0.39, 0.29) is 11.1 Å². The zero-order valence-electron chi connectivity index (χ0n) is 9.70. The molecule has 17 heavy (non-hydrogen) atoms. The Morgan fingerprint density at radius 1 is 1.47 bits per heavy atom. The second kappa shape index (κ2) is 4.30. The largest absolute Gasteiger partial charge is 0.496 e. The van der Waals surface area contributed by atoms with Crippen LogP contribution < -0.4 is 10.3 Å². The molecule has 0 spiro atoms. The van der Waals surface area contributed by atoms with E-state index in [9.17, 15) is 4.79 Å². The number of nitriles is 1. The number of aryl methyl sites for hydroxylation is 1. The first kappa shape index (κ1) is 11.2. The number of nitrogens with zero attached hydrogens (tertiary/aromatic N) is 1. The van der Waals surface area contributed by atoms with E-state index in [1.165, 1.54) is 0 Å². The maximum atomic E-state index is 11.7. The summed E-state index contributed by atoms with van der Waals surface area (Å²) in [6.07, 6.45) is 0.615. The predicted octanol–water partition coefficient (Wildman–Crippen LogP) is 1.97. The van der Waals surface area contributed by atoms with Gasteiger partial charge in [0.2, 0.25) is 0 Å². The zero-order valence-corrected chi connectivity index (χ0v) is 9.70. The molecule has 4 nitrogen and oxygen atoms in total. The van der Waals surface area contributed by atoms with Gasteiger partial charge >= 0.3 is 0 Å². The number of pyridine rings is 1. The number of aromatic amines is 1. The van der Waals surface area contributed by atoms with Crippen LogP contribution in [-0.4, -0.2) is 12.1 Å². The number of benzene rings is 1. The van der Waals surface area contributed by atoms with Crippen molar-refractivity contribution in [2.45, 2.75) is 13.3 Å². The summed E-state index contributed by atoms with van der Waals surface area (Å²) in [5.74, 6) is 0.673. The van der Waals surface area contributed by atoms with Crippen LogP contribution in [0.25, 0.3) is 10.9 Å². The van der Waals surface area contributed by atoms with Gasteiger partial charge in [-0.05, 0) is 24.1 Å². The highest BCUT2D eigenvalue weighted by Crippen LogP contribution is 2.28. The van der Waals surface area contributed by atoms with Crippen LogP contribution in [0.5, 0.6) is 5.75 Å². The van der Waals surface area contributed by atoms with E-state index >= 15 is 0 Å². The zero-order chi connectivity index (χ0) is 12.4. The van der Waals surface area contributed by atoms with Crippen molar-refractivity contribution in [1.29, 1.82) is 5.26 Å². The standard InChI is InChI=1S/C13H12N2O2/c1-3-8-9(7-14)13(16)15-10-5-4-6-11(17-2)12(8)10/h4-6H,3H2,1-2H3,(H,15,16). The monoisotopic (exact) mass is 228 g/mol. The van der Waals surface area contributed by atoms with E-state index in [2.05, 4.69) is 4.98 Å². The first-order valence-corrected chi connectivity index (χ1v) is 5.34. The number of hydrogen-bond donors (Lipinski definition) is 1. The molecule has 1 N–H and O–H groups in total. The molecule has 0 aliphatic rings. The first-order chi connectivity index (χ1) is 8.22. The Kier molecular flexibility index (Phi) is 2.84. The molecular formula is C13H12N2O2. The first-order valence-electron chi connectivity index (χ1n) is 5.34. The summed E-state index contributed by atoms with van der Waals surface area (Å²) in [5.41, 5.74) is 1.27. The average molecular weight is 228 g/mol. The summed E-state index contributed by atoms with van der Waals surface area (Å²) in [6.45, 7) is 1.92. The van der Waals surface area contributed by atoms with Crippen LogP contribution in [0.2, 0.25) is 0 Å². The lowest BCUT2D eigenvalue weighted by atomic mass is 10.0. The van der Waals surface area contributed by atoms with E-state index < -0.39 is 0 Å². The van der Waals surface area contributed by atoms with Gasteiger partial charge in [-0.2, -0.15) is 5.26 Å². The van der Waals surface area contributed by atoms with Crippen molar-refractivity contribution >= 4 is 10.9 Å². The summed E-state index contributed by atoms with van der Waals surface area (Å²) in [7, 11) is 1.57. The second-order valence-electron chi connectivity index (χ2n) is 3.66. The van der Waals surface area contributed by atoms with E-state index in [0.29, 0.717) is 17.7 Å². The van der Waals surface area contributed by atoms with Crippen molar-refractivity contribution in [2.24, 2.45) is 0 Å². The molecule has 1 heterocycles. The molecular weight excluding hydrogens is 216 g/mol. The number of H-pyrrole nitrogens is 1. The average Bonchev–Trinajstić information content (AvgIpc) is 2.36. The third-order valence-corrected chi connectivity index (χ3v) is 2.79. The molecule has 1 aromatic heterocycles. The fourth-order valence-electron chi connectivity index (χ4n) is 2.04. The number of rotatable bonds is 2. The van der Waals surface area contributed by atoms with Crippen LogP contribution in [0.1, 0.15) is 18.1 Å². The lowest BCUT2D eigenvalue weighted by Gasteiger charge is -2.10. The minimum absolute atomic E-state index is 0.171. The van der Waals surface area contributed by atoms with Gasteiger partial charge in [0.25, 0.3) is 5.56 Å². The van der Waals surface area contributed by atoms with Gasteiger partial charge in [-0.15, -0.1) is 0 Å². The Bertz CT molecular complexity index is 665. The quantitative estimate of drug-likeness (QED) is 0.854. The number of hydrogen-bond acceptors (Lipinski definition) is 3. The Morgan fingerprint density at radius 2 is 2.24 bits per heavy atom. The van der Waals surface area contributed by atoms with Crippen molar-refractivity contribution in [2.75, 3.05) is 7.11 Å². The number of nitrogens with one attached hydrogen (secondary N) is 1. The van der Waals surface area contributed by atoms with Gasteiger partial charge in [0, 0.05) is 5.39 Å². The molecule has 2 rings (SSSR count). The summed E-state index contributed by atoms with van der Waals surface area (Å²) in [6, 6.07) is 7.39. The third kappa shape index (κ3) is 1.66. The van der Waals surface area contributed by atoms with E-state index in [1.807, 2.05) is 25.1 Å². The summed E-state index contributed by atoms with van der Waals surface area (Å²) >= 11 is 0. The molecule has 0 unspecified atom stereocenters. The smallest absolute Gasteiger partial charge is 0.266 e. The topological polar surface area (TPSA) is 65.9 Å². The molecule has 86 valence electrons. The molecule has 0 saturated heterocycles. The van der Waals surface area contributed by atoms with Crippen molar-refractivity contribution in [1.82, 2.24) is 4.98 Å². The minimum atomic E-state index is -0.342. The fourth-order valence-corrected chi connectivity index (χ4v) is 2.04. The normalized spacial score (nSPS) is 10.2. The molecule has 4 heteroatoms. The molecule has 0 amide bonds. The van der Waals surface area contributed by atoms with Crippen molar-refractivity contribution in [3.8, 4) is 11.8 Å². The van der Waals surface area contributed by atoms with Gasteiger partial charge in [0.1, 0.15) is 17.4 Å². The van der Waals surface area contributed by atoms with Gasteiger partial charge in [0.15, 0.2) is 0 Å². The van der Waals surface area contributed by atoms with Gasteiger partial charge in [-0.3, -0.25) is 4.79 Å². The third-order valence-electron chi connectivity index (χ3n) is 2.79. The highest BCUT2D eigenvalue weighted by atomic mass is 16.5. The van der Waals surface area contributed by atoms with Crippen molar-refractivity contribution in [3.05, 3.63) is 39.7 Å². The Balaban J connectivity index is 3.02. The Morgan fingerprint density at radius 3 is 2.82 bits per heavy atom. The Hall–Kier alpha value is -2.28. The second-order valence-corrected chi connectivity index (χ2v) is 3.66. The highest BCUT2D eigenvalue weighted by molar-refractivity contribution is 5.89. The number of aromatic nitrogens is 1. The Labute approximate surface area is 98.5 Å². The van der Waals surface area contributed by atoms with Gasteiger partial charge in [-0.1, -0.05) is 13.0 Å². The number of fused-ring (bicyclic) bond motifs is 1. The lowest BCUT2D eigenvalue weighted by molar-refractivity contribution is 0.419. The maximum absolute atomic E-state index is 11.7. The van der Waals surface area contributed by atoms with E-state index in [0.717, 1.165) is 10.9 Å². The molecule has 0 saturated carbocycles. The summed E-state index contributed by atoms with van der Waals surface area (Å²) in [4.78, 5) is 14.4.